The lowest BCUT2D eigenvalue weighted by Crippen LogP contribution is -2.45. The zero-order valence-corrected chi connectivity index (χ0v) is 12.0. The fourth-order valence-corrected chi connectivity index (χ4v) is 3.79. The standard InChI is InChI=1S/C15H23N3O2/c1-17-10-16-9-13(17)15(20)18-8-4-6-12(18)11-5-2-3-7-14(11)19/h9-12,14,19H,2-8H2,1H3. The molecule has 3 atom stereocenters. The Labute approximate surface area is 119 Å². The number of rotatable bonds is 2. The number of amides is 1. The molecule has 1 aliphatic heterocycles. The molecule has 3 rings (SSSR count). The minimum absolute atomic E-state index is 0.0604. The molecule has 1 saturated carbocycles. The quantitative estimate of drug-likeness (QED) is 0.893. The first-order chi connectivity index (χ1) is 9.68. The van der Waals surface area contributed by atoms with Gasteiger partial charge in [-0.3, -0.25) is 4.79 Å². The summed E-state index contributed by atoms with van der Waals surface area (Å²) in [4.78, 5) is 18.7. The van der Waals surface area contributed by atoms with Crippen LogP contribution in [-0.4, -0.2) is 44.2 Å². The van der Waals surface area contributed by atoms with Crippen molar-refractivity contribution in [2.75, 3.05) is 6.54 Å². The maximum absolute atomic E-state index is 12.7. The van der Waals surface area contributed by atoms with Gasteiger partial charge in [0.15, 0.2) is 0 Å². The van der Waals surface area contributed by atoms with E-state index in [-0.39, 0.29) is 24.0 Å². The van der Waals surface area contributed by atoms with E-state index in [1.54, 1.807) is 17.1 Å². The summed E-state index contributed by atoms with van der Waals surface area (Å²) in [5, 5.41) is 10.3. The highest BCUT2D eigenvalue weighted by molar-refractivity contribution is 5.92. The third-order valence-corrected chi connectivity index (χ3v) is 4.87. The summed E-state index contributed by atoms with van der Waals surface area (Å²) in [6.07, 6.45) is 9.32. The van der Waals surface area contributed by atoms with Crippen molar-refractivity contribution in [2.24, 2.45) is 13.0 Å². The molecular weight excluding hydrogens is 254 g/mol. The fraction of sp³-hybridized carbons (Fsp3) is 0.733. The van der Waals surface area contributed by atoms with Gasteiger partial charge in [-0.25, -0.2) is 4.98 Å². The number of aryl methyl sites for hydroxylation is 1. The van der Waals surface area contributed by atoms with Crippen LogP contribution in [0.2, 0.25) is 0 Å². The van der Waals surface area contributed by atoms with E-state index in [2.05, 4.69) is 4.98 Å². The smallest absolute Gasteiger partial charge is 0.272 e. The largest absolute Gasteiger partial charge is 0.393 e. The number of aliphatic hydroxyl groups is 1. The third kappa shape index (κ3) is 2.35. The minimum atomic E-state index is -0.242. The van der Waals surface area contributed by atoms with E-state index in [9.17, 15) is 9.90 Å². The van der Waals surface area contributed by atoms with Crippen molar-refractivity contribution in [1.82, 2.24) is 14.5 Å². The Bertz CT molecular complexity index is 485. The van der Waals surface area contributed by atoms with E-state index in [4.69, 9.17) is 0 Å². The van der Waals surface area contributed by atoms with Crippen LogP contribution in [0.3, 0.4) is 0 Å². The van der Waals surface area contributed by atoms with E-state index >= 15 is 0 Å². The monoisotopic (exact) mass is 277 g/mol. The minimum Gasteiger partial charge on any atom is -0.393 e. The van der Waals surface area contributed by atoms with Gasteiger partial charge in [-0.1, -0.05) is 12.8 Å². The lowest BCUT2D eigenvalue weighted by Gasteiger charge is -2.37. The van der Waals surface area contributed by atoms with Gasteiger partial charge in [0.1, 0.15) is 5.69 Å². The number of imidazole rings is 1. The van der Waals surface area contributed by atoms with Crippen LogP contribution in [0.25, 0.3) is 0 Å². The molecular formula is C15H23N3O2. The molecule has 1 saturated heterocycles. The summed E-state index contributed by atoms with van der Waals surface area (Å²) in [5.74, 6) is 0.314. The van der Waals surface area contributed by atoms with E-state index in [0.717, 1.165) is 38.6 Å². The SMILES string of the molecule is Cn1cncc1C(=O)N1CCCC1C1CCCCC1O. The maximum Gasteiger partial charge on any atom is 0.272 e. The highest BCUT2D eigenvalue weighted by Gasteiger charge is 2.39. The summed E-state index contributed by atoms with van der Waals surface area (Å²) < 4.78 is 1.77. The van der Waals surface area contributed by atoms with Gasteiger partial charge in [-0.05, 0) is 25.7 Å². The van der Waals surface area contributed by atoms with Gasteiger partial charge in [0, 0.05) is 25.6 Å². The molecule has 0 spiro atoms. The Morgan fingerprint density at radius 3 is 2.80 bits per heavy atom. The molecule has 0 aromatic carbocycles. The number of likely N-dealkylation sites (tertiary alicyclic amines) is 1. The highest BCUT2D eigenvalue weighted by atomic mass is 16.3. The van der Waals surface area contributed by atoms with E-state index in [0.29, 0.717) is 5.69 Å². The van der Waals surface area contributed by atoms with Crippen molar-refractivity contribution >= 4 is 5.91 Å². The molecule has 2 heterocycles. The zero-order chi connectivity index (χ0) is 14.1. The number of aliphatic hydroxyl groups excluding tert-OH is 1. The molecule has 5 nitrogen and oxygen atoms in total. The van der Waals surface area contributed by atoms with Crippen LogP contribution in [0, 0.1) is 5.92 Å². The summed E-state index contributed by atoms with van der Waals surface area (Å²) >= 11 is 0. The molecule has 0 bridgehead atoms. The summed E-state index contributed by atoms with van der Waals surface area (Å²) in [6.45, 7) is 0.803. The van der Waals surface area contributed by atoms with Gasteiger partial charge in [0.05, 0.1) is 18.6 Å². The van der Waals surface area contributed by atoms with Crippen molar-refractivity contribution in [1.29, 1.82) is 0 Å². The Morgan fingerprint density at radius 2 is 2.10 bits per heavy atom. The van der Waals surface area contributed by atoms with Crippen molar-refractivity contribution in [3.05, 3.63) is 18.2 Å². The summed E-state index contributed by atoms with van der Waals surface area (Å²) in [6, 6.07) is 0.202. The number of hydrogen-bond donors (Lipinski definition) is 1. The molecule has 5 heteroatoms. The lowest BCUT2D eigenvalue weighted by molar-refractivity contribution is 0.0208. The van der Waals surface area contributed by atoms with Gasteiger partial charge >= 0.3 is 0 Å². The van der Waals surface area contributed by atoms with Crippen LogP contribution in [0.4, 0.5) is 0 Å². The second-order valence-corrected chi connectivity index (χ2v) is 6.11. The zero-order valence-electron chi connectivity index (χ0n) is 12.0. The van der Waals surface area contributed by atoms with E-state index in [1.165, 1.54) is 6.42 Å². The molecule has 2 aliphatic rings. The Kier molecular flexibility index (Phi) is 3.78. The maximum atomic E-state index is 12.7. The van der Waals surface area contributed by atoms with Gasteiger partial charge in [0.25, 0.3) is 5.91 Å². The summed E-state index contributed by atoms with van der Waals surface area (Å²) in [7, 11) is 1.85. The van der Waals surface area contributed by atoms with E-state index in [1.807, 2.05) is 11.9 Å². The lowest BCUT2D eigenvalue weighted by atomic mass is 9.80. The Morgan fingerprint density at radius 1 is 1.30 bits per heavy atom. The average molecular weight is 277 g/mol. The van der Waals surface area contributed by atoms with E-state index < -0.39 is 0 Å². The number of nitrogens with zero attached hydrogens (tertiary/aromatic N) is 3. The average Bonchev–Trinajstić information content (AvgIpc) is 3.07. The normalized spacial score (nSPS) is 30.7. The fourth-order valence-electron chi connectivity index (χ4n) is 3.79. The predicted molar refractivity (Wildman–Crippen MR) is 75.2 cm³/mol. The molecule has 0 radical (unpaired) electrons. The number of carbonyl (C=O) groups is 1. The third-order valence-electron chi connectivity index (χ3n) is 4.87. The second kappa shape index (κ2) is 5.56. The van der Waals surface area contributed by atoms with Gasteiger partial charge in [-0.2, -0.15) is 0 Å². The molecule has 1 amide bonds. The highest BCUT2D eigenvalue weighted by Crippen LogP contribution is 2.35. The molecule has 1 aromatic rings. The van der Waals surface area contributed by atoms with Crippen LogP contribution in [-0.2, 0) is 7.05 Å². The van der Waals surface area contributed by atoms with Gasteiger partial charge < -0.3 is 14.6 Å². The van der Waals surface area contributed by atoms with Crippen molar-refractivity contribution in [3.63, 3.8) is 0 Å². The van der Waals surface area contributed by atoms with Crippen LogP contribution in [0.15, 0.2) is 12.5 Å². The van der Waals surface area contributed by atoms with Crippen LogP contribution >= 0.6 is 0 Å². The van der Waals surface area contributed by atoms with Crippen LogP contribution < -0.4 is 0 Å². The Balaban J connectivity index is 1.78. The molecule has 110 valence electrons. The second-order valence-electron chi connectivity index (χ2n) is 6.11. The number of aromatic nitrogens is 2. The molecule has 1 aliphatic carbocycles. The van der Waals surface area contributed by atoms with Crippen molar-refractivity contribution < 1.29 is 9.90 Å². The summed E-state index contributed by atoms with van der Waals surface area (Å²) in [5.41, 5.74) is 0.641. The number of hydrogen-bond acceptors (Lipinski definition) is 3. The first-order valence-electron chi connectivity index (χ1n) is 7.64. The first kappa shape index (κ1) is 13.6. The predicted octanol–water partition coefficient (Wildman–Crippen LogP) is 1.58. The topological polar surface area (TPSA) is 58.4 Å². The van der Waals surface area contributed by atoms with Crippen LogP contribution in [0.5, 0.6) is 0 Å². The Hall–Kier alpha value is -1.36. The molecule has 2 fully saturated rings. The first-order valence-corrected chi connectivity index (χ1v) is 7.64. The van der Waals surface area contributed by atoms with Crippen molar-refractivity contribution in [3.8, 4) is 0 Å². The molecule has 1 N–H and O–H groups in total. The number of carbonyl (C=O) groups excluding carboxylic acids is 1. The molecule has 3 unspecified atom stereocenters. The van der Waals surface area contributed by atoms with Gasteiger partial charge in [0.2, 0.25) is 0 Å². The van der Waals surface area contributed by atoms with Crippen molar-refractivity contribution in [2.45, 2.75) is 50.7 Å². The van der Waals surface area contributed by atoms with Gasteiger partial charge in [-0.15, -0.1) is 0 Å². The molecule has 20 heavy (non-hydrogen) atoms. The van der Waals surface area contributed by atoms with Crippen LogP contribution in [0.1, 0.15) is 49.0 Å². The molecule has 1 aromatic heterocycles.